The van der Waals surface area contributed by atoms with Crippen molar-refractivity contribution >= 4 is 53.8 Å². The summed E-state index contributed by atoms with van der Waals surface area (Å²) in [5.74, 6) is -2.00. The van der Waals surface area contributed by atoms with Crippen molar-refractivity contribution in [2.45, 2.75) is 120 Å². The van der Waals surface area contributed by atoms with Crippen LogP contribution in [0.3, 0.4) is 0 Å². The van der Waals surface area contributed by atoms with Gasteiger partial charge in [-0.1, -0.05) is 135 Å². The van der Waals surface area contributed by atoms with Gasteiger partial charge < -0.3 is 15.1 Å². The summed E-state index contributed by atoms with van der Waals surface area (Å²) >= 11 is 0. The minimum absolute atomic E-state index is 0. The van der Waals surface area contributed by atoms with Gasteiger partial charge in [0.2, 0.25) is 0 Å². The number of pyridine rings is 2. The molecule has 1 radical (unpaired) electrons. The van der Waals surface area contributed by atoms with Crippen molar-refractivity contribution in [1.82, 2.24) is 9.97 Å². The summed E-state index contributed by atoms with van der Waals surface area (Å²) in [6.45, 7) is 27.6. The number of aromatic nitrogens is 2. The summed E-state index contributed by atoms with van der Waals surface area (Å²) in [5, 5.41) is 16.9. The fraction of sp³-hybridized carbons (Fsp3) is 0.377. The number of allylic oxidation sites excluding steroid dienone is 2. The van der Waals surface area contributed by atoms with Gasteiger partial charge in [-0.3, -0.25) is 4.79 Å². The number of aryl methyl sites for hydroxylation is 4. The average Bonchev–Trinajstić information content (AvgIpc) is 3.18. The molecule has 4 nitrogen and oxygen atoms in total. The first-order valence-electron chi connectivity index (χ1n) is 22.6. The normalized spacial score (nSPS) is 13.0. The van der Waals surface area contributed by atoms with Gasteiger partial charge >= 0.3 is 6.18 Å². The molecule has 0 amide bonds. The minimum atomic E-state index is -4.33. The molecule has 0 bridgehead atoms. The zero-order chi connectivity index (χ0) is 47.9. The van der Waals surface area contributed by atoms with Crippen LogP contribution in [0.25, 0.3) is 44.1 Å². The Hall–Kier alpha value is -4.22. The van der Waals surface area contributed by atoms with E-state index >= 15 is 0 Å². The SMILES string of the molecule is CCC(CC)C(=O)/C=C(\O)C(CC)CC(F)(F)F.[2H]c1cc2cc([Si](C)(C)C)ccc2c(-c2[c-]c(C)cc(C)c2)n1.[2H]c1cc2cc([Si](C)(C)C)ccc2c(-c2[c-]c(C)cc(C)c2)n1.[Ir]. The molecule has 63 heavy (non-hydrogen) atoms. The van der Waals surface area contributed by atoms with E-state index in [0.29, 0.717) is 25.2 Å². The van der Waals surface area contributed by atoms with Gasteiger partial charge in [-0.25, -0.2) is 0 Å². The third-order valence-corrected chi connectivity index (χ3v) is 15.1. The summed E-state index contributed by atoms with van der Waals surface area (Å²) in [6.07, 6.45) is -2.44. The van der Waals surface area contributed by atoms with Crippen LogP contribution in [0.4, 0.5) is 13.2 Å². The van der Waals surface area contributed by atoms with Crippen LogP contribution in [0.1, 0.15) is 71.4 Å². The number of alkyl halides is 3. The van der Waals surface area contributed by atoms with E-state index in [2.05, 4.69) is 136 Å². The van der Waals surface area contributed by atoms with Crippen LogP contribution in [-0.2, 0) is 24.9 Å². The van der Waals surface area contributed by atoms with Gasteiger partial charge in [0.1, 0.15) is 0 Å². The van der Waals surface area contributed by atoms with Crippen molar-refractivity contribution in [2.75, 3.05) is 0 Å². The second-order valence-corrected chi connectivity index (χ2v) is 28.6. The van der Waals surface area contributed by atoms with Gasteiger partial charge in [0.05, 0.1) is 31.1 Å². The number of halogens is 3. The Bertz CT molecular complexity index is 2440. The Morgan fingerprint density at radius 2 is 1.08 bits per heavy atom. The molecule has 2 aromatic heterocycles. The molecule has 0 saturated carbocycles. The predicted molar refractivity (Wildman–Crippen MR) is 261 cm³/mol. The number of benzene rings is 4. The molecule has 0 saturated heterocycles. The van der Waals surface area contributed by atoms with E-state index in [0.717, 1.165) is 61.3 Å². The van der Waals surface area contributed by atoms with Crippen molar-refractivity contribution < 1.29 is 45.9 Å². The molecule has 0 spiro atoms. The number of ketones is 1. The molecular formula is C53H65F3IrN2O2Si2-2. The summed E-state index contributed by atoms with van der Waals surface area (Å²) < 4.78 is 52.9. The van der Waals surface area contributed by atoms with Crippen LogP contribution in [0.15, 0.2) is 97.0 Å². The number of carbonyl (C=O) groups is 1. The van der Waals surface area contributed by atoms with E-state index < -0.39 is 40.4 Å². The van der Waals surface area contributed by atoms with Crippen molar-refractivity contribution in [2.24, 2.45) is 11.8 Å². The number of fused-ring (bicyclic) bond motifs is 2. The monoisotopic (exact) mass is 1070 g/mol. The topological polar surface area (TPSA) is 63.1 Å². The Morgan fingerprint density at radius 1 is 0.683 bits per heavy atom. The second-order valence-electron chi connectivity index (χ2n) is 18.5. The number of aliphatic hydroxyl groups excluding tert-OH is 1. The third kappa shape index (κ3) is 15.2. The fourth-order valence-corrected chi connectivity index (χ4v) is 9.79. The summed E-state index contributed by atoms with van der Waals surface area (Å²) in [7, 11) is -2.74. The summed E-state index contributed by atoms with van der Waals surface area (Å²) in [4.78, 5) is 20.7. The molecule has 0 aliphatic carbocycles. The van der Waals surface area contributed by atoms with E-state index in [1.54, 1.807) is 6.92 Å². The first kappa shape index (κ1) is 49.8. The maximum atomic E-state index is 12.3. The van der Waals surface area contributed by atoms with Crippen molar-refractivity contribution in [3.63, 3.8) is 0 Å². The zero-order valence-corrected chi connectivity index (χ0v) is 43.6. The largest absolute Gasteiger partial charge is 0.512 e. The van der Waals surface area contributed by atoms with Gasteiger partial charge in [0, 0.05) is 50.4 Å². The fourth-order valence-electron chi connectivity index (χ4n) is 7.45. The third-order valence-electron chi connectivity index (χ3n) is 11.0. The quantitative estimate of drug-likeness (QED) is 0.0608. The van der Waals surface area contributed by atoms with Crippen LogP contribution in [0, 0.1) is 51.7 Å². The molecule has 1 unspecified atom stereocenters. The standard InChI is InChI=1S/2C20H22NSi.C13H21F3O2.Ir/c2*1-14-10-15(2)12-17(11-14)20-19-7-6-18(22(3,4)5)13-16(19)8-9-21-20;1-4-9(5-2)11(17)7-12(18)10(6-3)8-13(14,15)16;/h2*6-11,13H,1-5H3;7,9-10,18H,4-6,8H2,1-3H3;/q2*-1;;/b;;12-7-;/i2*9D;;. The van der Waals surface area contributed by atoms with Crippen LogP contribution < -0.4 is 10.4 Å². The summed E-state index contributed by atoms with van der Waals surface area (Å²) in [6, 6.07) is 32.2. The predicted octanol–water partition coefficient (Wildman–Crippen LogP) is 14.1. The zero-order valence-electron chi connectivity index (χ0n) is 41.2. The molecule has 6 aromatic rings. The molecule has 1 atom stereocenters. The van der Waals surface area contributed by atoms with Crippen molar-refractivity contribution in [3.8, 4) is 22.5 Å². The van der Waals surface area contributed by atoms with Crippen LogP contribution in [-0.4, -0.2) is 43.2 Å². The molecule has 6 rings (SSSR count). The first-order chi connectivity index (χ1) is 29.7. The number of rotatable bonds is 11. The number of carbonyl (C=O) groups excluding carboxylic acids is 1. The van der Waals surface area contributed by atoms with Gasteiger partial charge in [-0.05, 0) is 64.3 Å². The van der Waals surface area contributed by atoms with Gasteiger partial charge in [-0.15, -0.1) is 69.8 Å². The maximum Gasteiger partial charge on any atom is 0.389 e. The Balaban J connectivity index is 0.000000260. The molecule has 4 aromatic carbocycles. The Labute approximate surface area is 393 Å². The molecule has 0 aliphatic rings. The van der Waals surface area contributed by atoms with Crippen molar-refractivity contribution in [1.29, 1.82) is 0 Å². The number of aliphatic hydroxyl groups is 1. The number of hydrogen-bond acceptors (Lipinski definition) is 4. The molecule has 339 valence electrons. The van der Waals surface area contributed by atoms with E-state index in [9.17, 15) is 23.1 Å². The van der Waals surface area contributed by atoms with Crippen LogP contribution >= 0.6 is 0 Å². The Morgan fingerprint density at radius 3 is 1.41 bits per heavy atom. The molecular weight excluding hydrogens is 1000 g/mol. The molecule has 0 aliphatic heterocycles. The van der Waals surface area contributed by atoms with E-state index in [1.165, 1.54) is 21.5 Å². The maximum absolute atomic E-state index is 12.3. The summed E-state index contributed by atoms with van der Waals surface area (Å²) in [5.41, 5.74) is 8.27. The first-order valence-corrected chi connectivity index (χ1v) is 28.6. The number of nitrogens with zero attached hydrogens (tertiary/aromatic N) is 2. The van der Waals surface area contributed by atoms with Gasteiger partial charge in [-0.2, -0.15) is 13.2 Å². The van der Waals surface area contributed by atoms with E-state index in [1.807, 2.05) is 39.8 Å². The smallest absolute Gasteiger partial charge is 0.389 e. The Kier molecular flexibility index (Phi) is 17.9. The minimum Gasteiger partial charge on any atom is -0.512 e. The van der Waals surface area contributed by atoms with Gasteiger partial charge in [0.25, 0.3) is 0 Å². The molecule has 1 N–H and O–H groups in total. The molecule has 2 heterocycles. The van der Waals surface area contributed by atoms with Crippen molar-refractivity contribution in [3.05, 3.63) is 131 Å². The van der Waals surface area contributed by atoms with Crippen LogP contribution in [0.2, 0.25) is 39.3 Å². The molecule has 0 fully saturated rings. The molecule has 10 heteroatoms. The van der Waals surface area contributed by atoms with E-state index in [-0.39, 0.29) is 38.2 Å². The van der Waals surface area contributed by atoms with E-state index in [4.69, 9.17) is 2.74 Å². The van der Waals surface area contributed by atoms with Gasteiger partial charge in [0.15, 0.2) is 5.78 Å². The average molecular weight is 1070 g/mol. The second kappa shape index (κ2) is 22.6. The number of hydrogen-bond donors (Lipinski definition) is 1. The van der Waals surface area contributed by atoms with Crippen LogP contribution in [0.5, 0.6) is 0 Å².